The summed E-state index contributed by atoms with van der Waals surface area (Å²) in [5, 5.41) is 0. The summed E-state index contributed by atoms with van der Waals surface area (Å²) in [4.78, 5) is 21.0. The number of hydrogen-bond acceptors (Lipinski definition) is 5. The first-order valence-corrected chi connectivity index (χ1v) is 9.37. The lowest BCUT2D eigenvalue weighted by atomic mass is 10.1. The number of likely N-dealkylation sites (N-methyl/N-ethyl adjacent to an activating group) is 1. The van der Waals surface area contributed by atoms with Gasteiger partial charge in [0, 0.05) is 50.5 Å². The maximum absolute atomic E-state index is 12.6. The molecular formula is C19H30N4O2. The Morgan fingerprint density at radius 3 is 2.68 bits per heavy atom. The minimum Gasteiger partial charge on any atom is -0.373 e. The van der Waals surface area contributed by atoms with Gasteiger partial charge in [-0.1, -0.05) is 6.07 Å². The molecule has 0 spiro atoms. The Bertz CT molecular complexity index is 546. The average Bonchev–Trinajstić information content (AvgIpc) is 3.01. The molecular weight excluding hydrogens is 316 g/mol. The van der Waals surface area contributed by atoms with Crippen LogP contribution in [0.4, 0.5) is 0 Å². The van der Waals surface area contributed by atoms with Crippen LogP contribution in [-0.2, 0) is 16.1 Å². The van der Waals surface area contributed by atoms with E-state index in [0.29, 0.717) is 31.7 Å². The summed E-state index contributed by atoms with van der Waals surface area (Å²) in [6, 6.07) is 4.73. The fraction of sp³-hybridized carbons (Fsp3) is 0.684. The van der Waals surface area contributed by atoms with Crippen molar-refractivity contribution in [1.82, 2.24) is 14.8 Å². The lowest BCUT2D eigenvalue weighted by molar-refractivity contribution is -0.135. The molecule has 0 saturated carbocycles. The van der Waals surface area contributed by atoms with E-state index in [1.54, 1.807) is 6.20 Å². The van der Waals surface area contributed by atoms with E-state index in [9.17, 15) is 4.79 Å². The van der Waals surface area contributed by atoms with Crippen molar-refractivity contribution in [3.63, 3.8) is 0 Å². The van der Waals surface area contributed by atoms with Crippen molar-refractivity contribution in [3.8, 4) is 0 Å². The molecule has 2 atom stereocenters. The third-order valence-electron chi connectivity index (χ3n) is 5.67. The number of rotatable bonds is 6. The highest BCUT2D eigenvalue weighted by molar-refractivity contribution is 5.77. The van der Waals surface area contributed by atoms with Gasteiger partial charge in [0.05, 0.1) is 12.7 Å². The topological polar surface area (TPSA) is 71.7 Å². The standard InChI is InChI=1S/C19H30N4O2/c1-22-16(4-5-17(22)12-20)11-19(24)23-9-6-18(7-10-23)25-14-15-3-2-8-21-13-15/h2-3,8,13,16-18H,4-7,9-12,14,20H2,1H3/t16-,17+/m0/s1. The normalized spacial score (nSPS) is 25.4. The van der Waals surface area contributed by atoms with Gasteiger partial charge in [0.2, 0.25) is 5.91 Å². The van der Waals surface area contributed by atoms with Crippen LogP contribution in [0.25, 0.3) is 0 Å². The number of carbonyl (C=O) groups excluding carboxylic acids is 1. The quantitative estimate of drug-likeness (QED) is 0.843. The van der Waals surface area contributed by atoms with Crippen molar-refractivity contribution in [2.75, 3.05) is 26.7 Å². The molecule has 138 valence electrons. The van der Waals surface area contributed by atoms with Gasteiger partial charge in [-0.3, -0.25) is 14.7 Å². The zero-order valence-electron chi connectivity index (χ0n) is 15.1. The summed E-state index contributed by atoms with van der Waals surface area (Å²) >= 11 is 0. The van der Waals surface area contributed by atoms with Gasteiger partial charge in [-0.15, -0.1) is 0 Å². The molecule has 2 saturated heterocycles. The first-order chi connectivity index (χ1) is 12.2. The van der Waals surface area contributed by atoms with E-state index in [2.05, 4.69) is 16.9 Å². The van der Waals surface area contributed by atoms with E-state index < -0.39 is 0 Å². The minimum atomic E-state index is 0.236. The molecule has 25 heavy (non-hydrogen) atoms. The van der Waals surface area contributed by atoms with Crippen molar-refractivity contribution < 1.29 is 9.53 Å². The molecule has 6 heteroatoms. The molecule has 2 aliphatic heterocycles. The number of likely N-dealkylation sites (tertiary alicyclic amines) is 2. The Morgan fingerprint density at radius 2 is 2.04 bits per heavy atom. The predicted molar refractivity (Wildman–Crippen MR) is 96.9 cm³/mol. The molecule has 6 nitrogen and oxygen atoms in total. The molecule has 1 aromatic rings. The molecule has 3 heterocycles. The van der Waals surface area contributed by atoms with E-state index in [0.717, 1.165) is 44.3 Å². The van der Waals surface area contributed by atoms with Gasteiger partial charge >= 0.3 is 0 Å². The van der Waals surface area contributed by atoms with Crippen LogP contribution in [0.3, 0.4) is 0 Å². The van der Waals surface area contributed by atoms with Crippen LogP contribution < -0.4 is 5.73 Å². The monoisotopic (exact) mass is 346 g/mol. The SMILES string of the molecule is CN1[C@@H](CN)CC[C@H]1CC(=O)N1CCC(OCc2cccnc2)CC1. The van der Waals surface area contributed by atoms with Crippen LogP contribution in [0.1, 0.15) is 37.7 Å². The fourth-order valence-corrected chi connectivity index (χ4v) is 3.92. The molecule has 0 aliphatic carbocycles. The second-order valence-electron chi connectivity index (χ2n) is 7.24. The summed E-state index contributed by atoms with van der Waals surface area (Å²) < 4.78 is 5.98. The van der Waals surface area contributed by atoms with Gasteiger partial charge in [-0.05, 0) is 44.4 Å². The summed E-state index contributed by atoms with van der Waals surface area (Å²) in [7, 11) is 2.10. The first-order valence-electron chi connectivity index (χ1n) is 9.37. The minimum absolute atomic E-state index is 0.236. The Morgan fingerprint density at radius 1 is 1.28 bits per heavy atom. The van der Waals surface area contributed by atoms with Crippen molar-refractivity contribution in [3.05, 3.63) is 30.1 Å². The second-order valence-corrected chi connectivity index (χ2v) is 7.24. The zero-order valence-corrected chi connectivity index (χ0v) is 15.1. The molecule has 2 fully saturated rings. The molecule has 1 aromatic heterocycles. The van der Waals surface area contributed by atoms with E-state index >= 15 is 0 Å². The number of amides is 1. The average molecular weight is 346 g/mol. The van der Waals surface area contributed by atoms with Crippen LogP contribution >= 0.6 is 0 Å². The molecule has 3 rings (SSSR count). The highest BCUT2D eigenvalue weighted by Gasteiger charge is 2.32. The van der Waals surface area contributed by atoms with Crippen LogP contribution in [-0.4, -0.2) is 65.6 Å². The van der Waals surface area contributed by atoms with Crippen molar-refractivity contribution in [2.24, 2.45) is 5.73 Å². The lowest BCUT2D eigenvalue weighted by Crippen LogP contribution is -2.44. The maximum atomic E-state index is 12.6. The summed E-state index contributed by atoms with van der Waals surface area (Å²) in [5.74, 6) is 0.278. The number of aromatic nitrogens is 1. The van der Waals surface area contributed by atoms with Crippen LogP contribution in [0.2, 0.25) is 0 Å². The van der Waals surface area contributed by atoms with E-state index in [-0.39, 0.29) is 12.0 Å². The molecule has 2 aliphatic rings. The molecule has 0 aromatic carbocycles. The highest BCUT2D eigenvalue weighted by atomic mass is 16.5. The second kappa shape index (κ2) is 8.74. The Hall–Kier alpha value is -1.50. The third kappa shape index (κ3) is 4.77. The van der Waals surface area contributed by atoms with Gasteiger partial charge in [0.1, 0.15) is 0 Å². The van der Waals surface area contributed by atoms with Crippen molar-refractivity contribution in [2.45, 2.75) is 56.9 Å². The van der Waals surface area contributed by atoms with Gasteiger partial charge in [-0.2, -0.15) is 0 Å². The van der Waals surface area contributed by atoms with Gasteiger partial charge in [-0.25, -0.2) is 0 Å². The summed E-state index contributed by atoms with van der Waals surface area (Å²) in [6.45, 7) is 2.88. The van der Waals surface area contributed by atoms with Crippen LogP contribution in [0, 0.1) is 0 Å². The maximum Gasteiger partial charge on any atom is 0.224 e. The van der Waals surface area contributed by atoms with Crippen molar-refractivity contribution in [1.29, 1.82) is 0 Å². The van der Waals surface area contributed by atoms with Crippen LogP contribution in [0.5, 0.6) is 0 Å². The number of pyridine rings is 1. The Labute approximate surface area is 150 Å². The van der Waals surface area contributed by atoms with Gasteiger partial charge in [0.25, 0.3) is 0 Å². The summed E-state index contributed by atoms with van der Waals surface area (Å²) in [6.07, 6.45) is 8.48. The molecule has 0 radical (unpaired) electrons. The van der Waals surface area contributed by atoms with E-state index in [1.807, 2.05) is 23.2 Å². The van der Waals surface area contributed by atoms with Gasteiger partial charge < -0.3 is 15.4 Å². The summed E-state index contributed by atoms with van der Waals surface area (Å²) in [5.41, 5.74) is 6.89. The smallest absolute Gasteiger partial charge is 0.224 e. The Balaban J connectivity index is 1.39. The first kappa shape index (κ1) is 18.3. The fourth-order valence-electron chi connectivity index (χ4n) is 3.92. The lowest BCUT2D eigenvalue weighted by Gasteiger charge is -2.33. The van der Waals surface area contributed by atoms with Gasteiger partial charge in [0.15, 0.2) is 0 Å². The number of nitrogens with two attached hydrogens (primary N) is 1. The zero-order chi connectivity index (χ0) is 17.6. The number of ether oxygens (including phenoxy) is 1. The largest absolute Gasteiger partial charge is 0.373 e. The number of piperidine rings is 1. The third-order valence-corrected chi connectivity index (χ3v) is 5.67. The Kier molecular flexibility index (Phi) is 6.39. The predicted octanol–water partition coefficient (Wildman–Crippen LogP) is 1.40. The van der Waals surface area contributed by atoms with E-state index in [1.165, 1.54) is 0 Å². The molecule has 1 amide bonds. The molecule has 2 N–H and O–H groups in total. The highest BCUT2D eigenvalue weighted by Crippen LogP contribution is 2.25. The van der Waals surface area contributed by atoms with Crippen LogP contribution in [0.15, 0.2) is 24.5 Å². The number of nitrogens with zero attached hydrogens (tertiary/aromatic N) is 3. The molecule has 0 bridgehead atoms. The molecule has 0 unspecified atom stereocenters. The van der Waals surface area contributed by atoms with Crippen molar-refractivity contribution >= 4 is 5.91 Å². The van der Waals surface area contributed by atoms with E-state index in [4.69, 9.17) is 10.5 Å². The number of hydrogen-bond donors (Lipinski definition) is 1. The number of carbonyl (C=O) groups is 1.